The fourth-order valence-corrected chi connectivity index (χ4v) is 5.28. The number of rotatable bonds is 6. The molecule has 0 spiro atoms. The minimum absolute atomic E-state index is 0.0468. The number of pyridine rings is 1. The van der Waals surface area contributed by atoms with Gasteiger partial charge in [0.25, 0.3) is 27.5 Å². The van der Waals surface area contributed by atoms with E-state index in [1.165, 1.54) is 42.6 Å². The first kappa shape index (κ1) is 19.7. The number of aromatic nitrogens is 1. The summed E-state index contributed by atoms with van der Waals surface area (Å²) in [6.45, 7) is -0.0922. The van der Waals surface area contributed by atoms with Crippen LogP contribution in [0, 0.1) is 10.1 Å². The van der Waals surface area contributed by atoms with E-state index in [0.29, 0.717) is 4.88 Å². The van der Waals surface area contributed by atoms with Crippen molar-refractivity contribution in [2.45, 2.75) is 10.8 Å². The number of sulfonamides is 1. The van der Waals surface area contributed by atoms with Crippen molar-refractivity contribution in [2.24, 2.45) is 0 Å². The first-order valence-electron chi connectivity index (χ1n) is 8.43. The predicted octanol–water partition coefficient (Wildman–Crippen LogP) is 2.65. The second kappa shape index (κ2) is 7.31. The number of imide groups is 1. The summed E-state index contributed by atoms with van der Waals surface area (Å²) < 4.78 is 27.5. The molecule has 0 aliphatic carbocycles. The van der Waals surface area contributed by atoms with Gasteiger partial charge in [-0.3, -0.25) is 34.3 Å². The van der Waals surface area contributed by atoms with Gasteiger partial charge in [-0.1, -0.05) is 6.07 Å². The molecular weight excluding hydrogens is 432 g/mol. The van der Waals surface area contributed by atoms with Crippen LogP contribution in [0.1, 0.15) is 25.7 Å². The number of amides is 2. The van der Waals surface area contributed by atoms with Crippen molar-refractivity contribution < 1.29 is 22.9 Å². The molecule has 0 saturated heterocycles. The number of thiophene rings is 1. The Morgan fingerprint density at radius 1 is 1.10 bits per heavy atom. The number of nitrogens with one attached hydrogen (secondary N) is 1. The number of carbonyl (C=O) groups is 2. The van der Waals surface area contributed by atoms with Crippen LogP contribution in [0.25, 0.3) is 0 Å². The molecule has 0 bridgehead atoms. The van der Waals surface area contributed by atoms with E-state index in [4.69, 9.17) is 0 Å². The average molecular weight is 444 g/mol. The SMILES string of the molecule is O=C1c2cccnc2C(=O)N1Cc1ccc(S(=O)(=O)Nc2cccc([N+](=O)[O-])c2)s1. The zero-order chi connectivity index (χ0) is 21.5. The molecule has 0 unspecified atom stereocenters. The number of nitrogens with zero attached hydrogens (tertiary/aromatic N) is 3. The van der Waals surface area contributed by atoms with Crippen LogP contribution in [-0.4, -0.2) is 35.0 Å². The maximum atomic E-state index is 12.6. The third-order valence-electron chi connectivity index (χ3n) is 4.26. The Morgan fingerprint density at radius 3 is 2.63 bits per heavy atom. The Hall–Kier alpha value is -3.64. The van der Waals surface area contributed by atoms with Gasteiger partial charge in [0.2, 0.25) is 0 Å². The van der Waals surface area contributed by atoms with Crippen LogP contribution in [0.5, 0.6) is 0 Å². The minimum Gasteiger partial charge on any atom is -0.279 e. The van der Waals surface area contributed by atoms with Crippen LogP contribution in [0.15, 0.2) is 58.9 Å². The van der Waals surface area contributed by atoms with E-state index in [1.54, 1.807) is 6.07 Å². The maximum Gasteiger partial charge on any atom is 0.280 e. The van der Waals surface area contributed by atoms with Crippen molar-refractivity contribution in [2.75, 3.05) is 4.72 Å². The van der Waals surface area contributed by atoms with Crippen LogP contribution in [0.3, 0.4) is 0 Å². The quantitative estimate of drug-likeness (QED) is 0.350. The summed E-state index contributed by atoms with van der Waals surface area (Å²) in [7, 11) is -4.00. The van der Waals surface area contributed by atoms with Crippen LogP contribution in [0.4, 0.5) is 11.4 Å². The molecule has 4 rings (SSSR count). The first-order chi connectivity index (χ1) is 14.3. The van der Waals surface area contributed by atoms with E-state index in [2.05, 4.69) is 9.71 Å². The molecule has 0 saturated carbocycles. The van der Waals surface area contributed by atoms with Crippen molar-refractivity contribution in [3.8, 4) is 0 Å². The number of nitro benzene ring substituents is 1. The Labute approximate surface area is 174 Å². The first-order valence-corrected chi connectivity index (χ1v) is 10.7. The van der Waals surface area contributed by atoms with Gasteiger partial charge in [-0.2, -0.15) is 0 Å². The smallest absolute Gasteiger partial charge is 0.279 e. The summed E-state index contributed by atoms with van der Waals surface area (Å²) >= 11 is 0.888. The highest BCUT2D eigenvalue weighted by molar-refractivity contribution is 7.94. The highest BCUT2D eigenvalue weighted by Gasteiger charge is 2.36. The fraction of sp³-hybridized carbons (Fsp3) is 0.0556. The normalized spacial score (nSPS) is 13.4. The largest absolute Gasteiger partial charge is 0.280 e. The maximum absolute atomic E-state index is 12.6. The number of carbonyl (C=O) groups excluding carboxylic acids is 2. The van der Waals surface area contributed by atoms with E-state index in [9.17, 15) is 28.1 Å². The summed E-state index contributed by atoms with van der Waals surface area (Å²) in [5.41, 5.74) is 0.0744. The Kier molecular flexibility index (Phi) is 4.79. The van der Waals surface area contributed by atoms with Crippen molar-refractivity contribution >= 4 is 44.5 Å². The van der Waals surface area contributed by atoms with Crippen molar-refractivity contribution in [3.63, 3.8) is 0 Å². The van der Waals surface area contributed by atoms with Crippen molar-refractivity contribution in [1.29, 1.82) is 0 Å². The number of nitro groups is 1. The standard InChI is InChI=1S/C18H12N4O6S2/c23-17-14-5-2-8-19-16(14)18(24)21(17)10-13-6-7-15(29-13)30(27,28)20-11-3-1-4-12(9-11)22(25)26/h1-9,20H,10H2. The number of fused-ring (bicyclic) bond motifs is 1. The molecule has 2 amide bonds. The molecular formula is C18H12N4O6S2. The lowest BCUT2D eigenvalue weighted by molar-refractivity contribution is -0.384. The Morgan fingerprint density at radius 2 is 1.90 bits per heavy atom. The van der Waals surface area contributed by atoms with Crippen molar-refractivity contribution in [1.82, 2.24) is 9.88 Å². The lowest BCUT2D eigenvalue weighted by Crippen LogP contribution is -2.28. The van der Waals surface area contributed by atoms with E-state index >= 15 is 0 Å². The number of anilines is 1. The number of benzene rings is 1. The van der Waals surface area contributed by atoms with Crippen LogP contribution < -0.4 is 4.72 Å². The van der Waals surface area contributed by atoms with E-state index < -0.39 is 26.8 Å². The predicted molar refractivity (Wildman–Crippen MR) is 107 cm³/mol. The summed E-state index contributed by atoms with van der Waals surface area (Å²) in [5.74, 6) is -1.03. The topological polar surface area (TPSA) is 140 Å². The van der Waals surface area contributed by atoms with E-state index in [-0.39, 0.29) is 33.4 Å². The second-order valence-corrected chi connectivity index (χ2v) is 9.31. The monoisotopic (exact) mass is 444 g/mol. The van der Waals surface area contributed by atoms with Gasteiger partial charge in [-0.15, -0.1) is 11.3 Å². The highest BCUT2D eigenvalue weighted by Crippen LogP contribution is 2.29. The Bertz CT molecular complexity index is 1270. The number of hydrogen-bond acceptors (Lipinski definition) is 8. The molecule has 2 aromatic heterocycles. The summed E-state index contributed by atoms with van der Waals surface area (Å²) in [4.78, 5) is 40.5. The zero-order valence-corrected chi connectivity index (χ0v) is 16.6. The molecule has 1 aliphatic heterocycles. The van der Waals surface area contributed by atoms with E-state index in [0.717, 1.165) is 22.3 Å². The zero-order valence-electron chi connectivity index (χ0n) is 15.0. The second-order valence-electron chi connectivity index (χ2n) is 6.23. The highest BCUT2D eigenvalue weighted by atomic mass is 32.2. The molecule has 30 heavy (non-hydrogen) atoms. The third-order valence-corrected chi connectivity index (χ3v) is 7.20. The molecule has 1 N–H and O–H groups in total. The van der Waals surface area contributed by atoms with Gasteiger partial charge in [0, 0.05) is 23.2 Å². The van der Waals surface area contributed by atoms with Gasteiger partial charge in [0.05, 0.1) is 22.7 Å². The van der Waals surface area contributed by atoms with Gasteiger partial charge in [-0.25, -0.2) is 8.42 Å². The lowest BCUT2D eigenvalue weighted by atomic mass is 10.2. The molecule has 3 heterocycles. The van der Waals surface area contributed by atoms with Gasteiger partial charge in [0.15, 0.2) is 0 Å². The van der Waals surface area contributed by atoms with Crippen molar-refractivity contribution in [3.05, 3.63) is 81.0 Å². The lowest BCUT2D eigenvalue weighted by Gasteiger charge is -2.11. The molecule has 1 aliphatic rings. The molecule has 3 aromatic rings. The molecule has 152 valence electrons. The Balaban J connectivity index is 1.53. The molecule has 12 heteroatoms. The van der Waals surface area contributed by atoms with Gasteiger partial charge >= 0.3 is 0 Å². The summed E-state index contributed by atoms with van der Waals surface area (Å²) in [5, 5.41) is 10.9. The molecule has 1 aromatic carbocycles. The van der Waals surface area contributed by atoms with Gasteiger partial charge in [0.1, 0.15) is 9.90 Å². The van der Waals surface area contributed by atoms with Gasteiger partial charge in [-0.05, 0) is 30.3 Å². The molecule has 10 nitrogen and oxygen atoms in total. The summed E-state index contributed by atoms with van der Waals surface area (Å²) in [6.07, 6.45) is 1.42. The minimum atomic E-state index is -4.00. The van der Waals surface area contributed by atoms with Gasteiger partial charge < -0.3 is 0 Å². The van der Waals surface area contributed by atoms with Crippen LogP contribution >= 0.6 is 11.3 Å². The number of hydrogen-bond donors (Lipinski definition) is 1. The average Bonchev–Trinajstić information content (AvgIpc) is 3.28. The van der Waals surface area contributed by atoms with E-state index in [1.807, 2.05) is 0 Å². The molecule has 0 atom stereocenters. The molecule has 0 fully saturated rings. The van der Waals surface area contributed by atoms with Crippen LogP contribution in [-0.2, 0) is 16.6 Å². The number of non-ortho nitro benzene ring substituents is 1. The summed E-state index contributed by atoms with van der Waals surface area (Å²) in [6, 6.07) is 11.0. The molecule has 0 radical (unpaired) electrons. The van der Waals surface area contributed by atoms with Crippen LogP contribution in [0.2, 0.25) is 0 Å². The third kappa shape index (κ3) is 3.53. The fourth-order valence-electron chi connectivity index (χ4n) is 2.89.